The molecule has 2 aromatic carbocycles. The van der Waals surface area contributed by atoms with Crippen molar-refractivity contribution in [2.45, 2.75) is 0 Å². The molecule has 0 fully saturated rings. The normalized spacial score (nSPS) is 10.0. The Morgan fingerprint density at radius 1 is 0.917 bits per heavy atom. The van der Waals surface area contributed by atoms with Gasteiger partial charge in [-0.2, -0.15) is 0 Å². The van der Waals surface area contributed by atoms with Crippen molar-refractivity contribution >= 4 is 29.0 Å². The summed E-state index contributed by atoms with van der Waals surface area (Å²) in [6, 6.07) is 8.04. The summed E-state index contributed by atoms with van der Waals surface area (Å²) in [7, 11) is 0. The Hall–Kier alpha value is -3.82. The molecule has 0 heterocycles. The van der Waals surface area contributed by atoms with E-state index in [4.69, 9.17) is 5.73 Å². The number of carbonyl (C=O) groups excluding carboxylic acids is 2. The number of anilines is 1. The van der Waals surface area contributed by atoms with Gasteiger partial charge in [0.25, 0.3) is 11.4 Å². The fourth-order valence-electron chi connectivity index (χ4n) is 1.80. The monoisotopic (exact) mass is 331 g/mol. The summed E-state index contributed by atoms with van der Waals surface area (Å²) in [5, 5.41) is 21.6. The Morgan fingerprint density at radius 2 is 1.46 bits per heavy atom. The fraction of sp³-hybridized carbons (Fsp3) is 0. The minimum Gasteiger partial charge on any atom is -0.398 e. The number of ether oxygens (including phenoxy) is 1. The highest BCUT2D eigenvalue weighted by Gasteiger charge is 2.23. The van der Waals surface area contributed by atoms with Gasteiger partial charge < -0.3 is 10.5 Å². The van der Waals surface area contributed by atoms with Crippen LogP contribution in [0.1, 0.15) is 20.7 Å². The zero-order chi connectivity index (χ0) is 17.9. The summed E-state index contributed by atoms with van der Waals surface area (Å²) >= 11 is 0. The molecule has 0 unspecified atom stereocenters. The number of nitrogens with zero attached hydrogens (tertiary/aromatic N) is 2. The molecule has 0 radical (unpaired) electrons. The van der Waals surface area contributed by atoms with Crippen molar-refractivity contribution in [3.05, 3.63) is 73.8 Å². The topological polar surface area (TPSA) is 156 Å². The van der Waals surface area contributed by atoms with E-state index in [1.54, 1.807) is 6.07 Å². The summed E-state index contributed by atoms with van der Waals surface area (Å²) in [6.45, 7) is 0. The van der Waals surface area contributed by atoms with Crippen molar-refractivity contribution in [1.82, 2.24) is 0 Å². The van der Waals surface area contributed by atoms with Crippen molar-refractivity contribution < 1.29 is 24.2 Å². The Kier molecular flexibility index (Phi) is 4.50. The van der Waals surface area contributed by atoms with Crippen LogP contribution in [0, 0.1) is 20.2 Å². The lowest BCUT2D eigenvalue weighted by Gasteiger charge is -2.05. The van der Waals surface area contributed by atoms with Gasteiger partial charge in [-0.1, -0.05) is 12.1 Å². The van der Waals surface area contributed by atoms with Crippen LogP contribution >= 0.6 is 0 Å². The third-order valence-corrected chi connectivity index (χ3v) is 2.93. The molecule has 0 atom stereocenters. The molecule has 0 aliphatic carbocycles. The second-order valence-electron chi connectivity index (χ2n) is 4.52. The van der Waals surface area contributed by atoms with E-state index in [0.717, 1.165) is 12.1 Å². The molecule has 2 N–H and O–H groups in total. The molecular formula is C14H9N3O7. The van der Waals surface area contributed by atoms with Crippen LogP contribution < -0.4 is 5.73 Å². The molecule has 0 bridgehead atoms. The fourth-order valence-corrected chi connectivity index (χ4v) is 1.80. The third-order valence-electron chi connectivity index (χ3n) is 2.93. The molecular weight excluding hydrogens is 322 g/mol. The Bertz CT molecular complexity index is 831. The van der Waals surface area contributed by atoms with E-state index >= 15 is 0 Å². The molecule has 0 aromatic heterocycles. The second-order valence-corrected chi connectivity index (χ2v) is 4.52. The lowest BCUT2D eigenvalue weighted by molar-refractivity contribution is -0.394. The maximum absolute atomic E-state index is 12.0. The maximum Gasteiger partial charge on any atom is 0.348 e. The number of rotatable bonds is 4. The van der Waals surface area contributed by atoms with Crippen molar-refractivity contribution in [3.8, 4) is 0 Å². The van der Waals surface area contributed by atoms with Crippen LogP contribution in [-0.4, -0.2) is 21.8 Å². The van der Waals surface area contributed by atoms with Gasteiger partial charge in [0.05, 0.1) is 27.0 Å². The first-order valence-electron chi connectivity index (χ1n) is 6.34. The standard InChI is InChI=1S/C14H9N3O7/c15-12-4-2-1-3-11(12)14(19)24-13(18)8-5-9(16(20)21)7-10(6-8)17(22)23/h1-7H,15H2. The summed E-state index contributed by atoms with van der Waals surface area (Å²) < 4.78 is 4.57. The van der Waals surface area contributed by atoms with Crippen LogP contribution in [0.5, 0.6) is 0 Å². The third kappa shape index (κ3) is 3.50. The Balaban J connectivity index is 2.32. The zero-order valence-corrected chi connectivity index (χ0v) is 11.9. The molecule has 10 nitrogen and oxygen atoms in total. The van der Waals surface area contributed by atoms with E-state index in [1.807, 2.05) is 0 Å². The molecule has 24 heavy (non-hydrogen) atoms. The molecule has 0 saturated heterocycles. The SMILES string of the molecule is Nc1ccccc1C(=O)OC(=O)c1cc([N+](=O)[O-])cc([N+](=O)[O-])c1. The summed E-state index contributed by atoms with van der Waals surface area (Å²) in [5.74, 6) is -2.35. The Labute approximate surface area is 133 Å². The van der Waals surface area contributed by atoms with Crippen LogP contribution in [0.4, 0.5) is 17.1 Å². The van der Waals surface area contributed by atoms with Crippen molar-refractivity contribution in [1.29, 1.82) is 0 Å². The molecule has 10 heteroatoms. The number of benzene rings is 2. The average molecular weight is 331 g/mol. The van der Waals surface area contributed by atoms with E-state index in [2.05, 4.69) is 4.74 Å². The van der Waals surface area contributed by atoms with Gasteiger partial charge in [-0.15, -0.1) is 0 Å². The van der Waals surface area contributed by atoms with Gasteiger partial charge in [0.15, 0.2) is 0 Å². The van der Waals surface area contributed by atoms with Crippen LogP contribution in [0.25, 0.3) is 0 Å². The van der Waals surface area contributed by atoms with Crippen molar-refractivity contribution in [2.24, 2.45) is 0 Å². The van der Waals surface area contributed by atoms with E-state index in [9.17, 15) is 29.8 Å². The zero-order valence-electron chi connectivity index (χ0n) is 11.9. The predicted molar refractivity (Wildman–Crippen MR) is 80.4 cm³/mol. The van der Waals surface area contributed by atoms with Gasteiger partial charge in [0.1, 0.15) is 0 Å². The number of nitrogens with two attached hydrogens (primary N) is 1. The lowest BCUT2D eigenvalue weighted by atomic mass is 10.1. The van der Waals surface area contributed by atoms with Crippen molar-refractivity contribution in [2.75, 3.05) is 5.73 Å². The number of hydrogen-bond acceptors (Lipinski definition) is 8. The van der Waals surface area contributed by atoms with Gasteiger partial charge >= 0.3 is 11.9 Å². The van der Waals surface area contributed by atoms with E-state index in [1.165, 1.54) is 18.2 Å². The van der Waals surface area contributed by atoms with Crippen LogP contribution in [0.2, 0.25) is 0 Å². The first-order chi connectivity index (χ1) is 11.3. The van der Waals surface area contributed by atoms with Crippen molar-refractivity contribution in [3.63, 3.8) is 0 Å². The van der Waals surface area contributed by atoms with Gasteiger partial charge in [-0.3, -0.25) is 20.2 Å². The molecule has 0 spiro atoms. The highest BCUT2D eigenvalue weighted by molar-refractivity contribution is 6.05. The highest BCUT2D eigenvalue weighted by Crippen LogP contribution is 2.23. The number of non-ortho nitro benzene ring substituents is 2. The van der Waals surface area contributed by atoms with Gasteiger partial charge in [-0.05, 0) is 12.1 Å². The lowest BCUT2D eigenvalue weighted by Crippen LogP contribution is -2.14. The van der Waals surface area contributed by atoms with Gasteiger partial charge in [0.2, 0.25) is 0 Å². The summed E-state index contributed by atoms with van der Waals surface area (Å²) in [4.78, 5) is 43.6. The highest BCUT2D eigenvalue weighted by atomic mass is 16.6. The van der Waals surface area contributed by atoms with Crippen LogP contribution in [0.3, 0.4) is 0 Å². The van der Waals surface area contributed by atoms with Crippen LogP contribution in [-0.2, 0) is 4.74 Å². The molecule has 0 aliphatic heterocycles. The molecule has 2 rings (SSSR count). The van der Waals surface area contributed by atoms with Gasteiger partial charge in [-0.25, -0.2) is 9.59 Å². The van der Waals surface area contributed by atoms with Crippen LogP contribution in [0.15, 0.2) is 42.5 Å². The molecule has 0 aliphatic rings. The number of nitro benzene ring substituents is 2. The smallest absolute Gasteiger partial charge is 0.348 e. The maximum atomic E-state index is 12.0. The van der Waals surface area contributed by atoms with E-state index in [-0.39, 0.29) is 11.3 Å². The first-order valence-corrected chi connectivity index (χ1v) is 6.34. The number of nitrogen functional groups attached to an aromatic ring is 1. The number of esters is 2. The first kappa shape index (κ1) is 16.5. The molecule has 122 valence electrons. The number of nitro groups is 2. The molecule has 0 saturated carbocycles. The minimum atomic E-state index is -1.27. The number of hydrogen-bond donors (Lipinski definition) is 1. The summed E-state index contributed by atoms with van der Waals surface area (Å²) in [6.07, 6.45) is 0. The molecule has 0 amide bonds. The minimum absolute atomic E-state index is 0.0697. The summed E-state index contributed by atoms with van der Waals surface area (Å²) in [5.41, 5.74) is 3.71. The van der Waals surface area contributed by atoms with Gasteiger partial charge in [0, 0.05) is 17.8 Å². The second kappa shape index (κ2) is 6.52. The Morgan fingerprint density at radius 3 is 1.96 bits per heavy atom. The quantitative estimate of drug-likeness (QED) is 0.293. The molecule has 2 aromatic rings. The number of para-hydroxylation sites is 1. The largest absolute Gasteiger partial charge is 0.398 e. The number of carbonyl (C=O) groups is 2. The average Bonchev–Trinajstić information content (AvgIpc) is 2.54. The van der Waals surface area contributed by atoms with E-state index < -0.39 is 38.7 Å². The predicted octanol–water partition coefficient (Wildman–Crippen LogP) is 2.08. The van der Waals surface area contributed by atoms with E-state index in [0.29, 0.717) is 6.07 Å².